The molecule has 0 aliphatic heterocycles. The van der Waals surface area contributed by atoms with E-state index in [1.807, 2.05) is 0 Å². The molecule has 17 heavy (non-hydrogen) atoms. The first-order valence-corrected chi connectivity index (χ1v) is 5.43. The molecule has 1 aromatic heterocycles. The summed E-state index contributed by atoms with van der Waals surface area (Å²) in [4.78, 5) is 4.01. The van der Waals surface area contributed by atoms with E-state index in [0.717, 1.165) is 5.69 Å². The summed E-state index contributed by atoms with van der Waals surface area (Å²) in [7, 11) is 0. The number of anilines is 1. The molecule has 1 N–H and O–H groups in total. The molecule has 0 spiro atoms. The summed E-state index contributed by atoms with van der Waals surface area (Å²) in [5.74, 6) is 0. The molecule has 1 aromatic carbocycles. The molecule has 0 aliphatic rings. The largest absolute Gasteiger partial charge is 0.379 e. The zero-order valence-electron chi connectivity index (χ0n) is 9.64. The lowest BCUT2D eigenvalue weighted by Gasteiger charge is -2.07. The molecule has 2 rings (SSSR count). The second-order valence-electron chi connectivity index (χ2n) is 3.87. The van der Waals surface area contributed by atoms with E-state index in [9.17, 15) is 0 Å². The SMILES string of the molecule is Cc1ccc(CNc2cnccc2C#N)cc1. The van der Waals surface area contributed by atoms with Crippen molar-refractivity contribution in [3.8, 4) is 6.07 Å². The van der Waals surface area contributed by atoms with Crippen LogP contribution < -0.4 is 5.32 Å². The fourth-order valence-corrected chi connectivity index (χ4v) is 1.54. The molecule has 3 heteroatoms. The van der Waals surface area contributed by atoms with E-state index in [2.05, 4.69) is 47.6 Å². The maximum atomic E-state index is 8.93. The van der Waals surface area contributed by atoms with Crippen LogP contribution in [0.1, 0.15) is 16.7 Å². The molecule has 3 nitrogen and oxygen atoms in total. The molecule has 2 aromatic rings. The molecule has 0 atom stereocenters. The Morgan fingerprint density at radius 2 is 2.00 bits per heavy atom. The van der Waals surface area contributed by atoms with E-state index in [1.165, 1.54) is 11.1 Å². The van der Waals surface area contributed by atoms with Gasteiger partial charge in [-0.15, -0.1) is 0 Å². The molecule has 0 amide bonds. The quantitative estimate of drug-likeness (QED) is 0.870. The molecule has 0 aliphatic carbocycles. The number of rotatable bonds is 3. The number of nitriles is 1. The normalized spacial score (nSPS) is 9.65. The Labute approximate surface area is 101 Å². The van der Waals surface area contributed by atoms with Crippen molar-refractivity contribution in [1.82, 2.24) is 4.98 Å². The Hall–Kier alpha value is -2.34. The van der Waals surface area contributed by atoms with Crippen LogP contribution in [0.2, 0.25) is 0 Å². The Morgan fingerprint density at radius 3 is 2.71 bits per heavy atom. The van der Waals surface area contributed by atoms with E-state index >= 15 is 0 Å². The van der Waals surface area contributed by atoms with Crippen molar-refractivity contribution in [1.29, 1.82) is 5.26 Å². The van der Waals surface area contributed by atoms with Crippen LogP contribution in [-0.2, 0) is 6.54 Å². The van der Waals surface area contributed by atoms with Crippen LogP contribution in [0.4, 0.5) is 5.69 Å². The fraction of sp³-hybridized carbons (Fsp3) is 0.143. The molecule has 0 bridgehead atoms. The molecular formula is C14H13N3. The summed E-state index contributed by atoms with van der Waals surface area (Å²) in [5.41, 5.74) is 3.82. The zero-order valence-corrected chi connectivity index (χ0v) is 9.64. The molecule has 0 saturated heterocycles. The van der Waals surface area contributed by atoms with Crippen molar-refractivity contribution in [2.45, 2.75) is 13.5 Å². The predicted molar refractivity (Wildman–Crippen MR) is 67.5 cm³/mol. The number of hydrogen-bond acceptors (Lipinski definition) is 3. The average Bonchev–Trinajstić information content (AvgIpc) is 2.38. The van der Waals surface area contributed by atoms with Crippen LogP contribution >= 0.6 is 0 Å². The highest BCUT2D eigenvalue weighted by Crippen LogP contribution is 2.13. The third-order valence-electron chi connectivity index (χ3n) is 2.55. The Balaban J connectivity index is 2.08. The first kappa shape index (κ1) is 11.2. The lowest BCUT2D eigenvalue weighted by Crippen LogP contribution is -2.01. The van der Waals surface area contributed by atoms with Gasteiger partial charge in [-0.25, -0.2) is 0 Å². The van der Waals surface area contributed by atoms with Crippen LogP contribution in [0.5, 0.6) is 0 Å². The Morgan fingerprint density at radius 1 is 1.24 bits per heavy atom. The van der Waals surface area contributed by atoms with Gasteiger partial charge in [0, 0.05) is 12.7 Å². The van der Waals surface area contributed by atoms with Gasteiger partial charge in [0.05, 0.1) is 17.4 Å². The second kappa shape index (κ2) is 5.13. The third-order valence-corrected chi connectivity index (χ3v) is 2.55. The van der Waals surface area contributed by atoms with Crippen molar-refractivity contribution in [2.24, 2.45) is 0 Å². The van der Waals surface area contributed by atoms with Gasteiger partial charge in [-0.1, -0.05) is 29.8 Å². The number of benzene rings is 1. The van der Waals surface area contributed by atoms with E-state index in [4.69, 9.17) is 5.26 Å². The van der Waals surface area contributed by atoms with Gasteiger partial charge in [0.1, 0.15) is 6.07 Å². The molecule has 0 saturated carbocycles. The first-order valence-electron chi connectivity index (χ1n) is 5.43. The third kappa shape index (κ3) is 2.82. The molecule has 0 fully saturated rings. The first-order chi connectivity index (χ1) is 8.29. The van der Waals surface area contributed by atoms with Crippen molar-refractivity contribution in [3.05, 3.63) is 59.4 Å². The van der Waals surface area contributed by atoms with E-state index < -0.39 is 0 Å². The number of pyridine rings is 1. The van der Waals surface area contributed by atoms with Gasteiger partial charge < -0.3 is 5.32 Å². The monoisotopic (exact) mass is 223 g/mol. The maximum absolute atomic E-state index is 8.93. The summed E-state index contributed by atoms with van der Waals surface area (Å²) in [6.07, 6.45) is 3.29. The maximum Gasteiger partial charge on any atom is 0.101 e. The van der Waals surface area contributed by atoms with Crippen molar-refractivity contribution in [2.75, 3.05) is 5.32 Å². The van der Waals surface area contributed by atoms with E-state index in [1.54, 1.807) is 18.5 Å². The smallest absolute Gasteiger partial charge is 0.101 e. The Kier molecular flexibility index (Phi) is 3.37. The predicted octanol–water partition coefficient (Wildman–Crippen LogP) is 2.87. The summed E-state index contributed by atoms with van der Waals surface area (Å²) >= 11 is 0. The van der Waals surface area contributed by atoms with Gasteiger partial charge in [0.15, 0.2) is 0 Å². The minimum Gasteiger partial charge on any atom is -0.379 e. The lowest BCUT2D eigenvalue weighted by molar-refractivity contribution is 1.13. The van der Waals surface area contributed by atoms with E-state index in [-0.39, 0.29) is 0 Å². The fourth-order valence-electron chi connectivity index (χ4n) is 1.54. The van der Waals surface area contributed by atoms with Crippen molar-refractivity contribution in [3.63, 3.8) is 0 Å². The average molecular weight is 223 g/mol. The standard InChI is InChI=1S/C14H13N3/c1-11-2-4-12(5-3-11)9-17-14-10-16-7-6-13(14)8-15/h2-7,10,17H,9H2,1H3. The summed E-state index contributed by atoms with van der Waals surface area (Å²) in [5, 5.41) is 12.1. The second-order valence-corrected chi connectivity index (χ2v) is 3.87. The number of hydrogen-bond donors (Lipinski definition) is 1. The van der Waals surface area contributed by atoms with Crippen LogP contribution in [0, 0.1) is 18.3 Å². The van der Waals surface area contributed by atoms with Gasteiger partial charge in [-0.2, -0.15) is 5.26 Å². The van der Waals surface area contributed by atoms with Crippen LogP contribution in [0.25, 0.3) is 0 Å². The lowest BCUT2D eigenvalue weighted by atomic mass is 10.1. The molecule has 0 radical (unpaired) electrons. The van der Waals surface area contributed by atoms with Gasteiger partial charge >= 0.3 is 0 Å². The summed E-state index contributed by atoms with van der Waals surface area (Å²) in [6, 6.07) is 12.1. The number of nitrogens with one attached hydrogen (secondary N) is 1. The molecule has 1 heterocycles. The van der Waals surface area contributed by atoms with Gasteiger partial charge in [-0.05, 0) is 18.6 Å². The summed E-state index contributed by atoms with van der Waals surface area (Å²) in [6.45, 7) is 2.76. The Bertz CT molecular complexity index is 538. The molecule has 0 unspecified atom stereocenters. The number of aromatic nitrogens is 1. The van der Waals surface area contributed by atoms with Gasteiger partial charge in [0.25, 0.3) is 0 Å². The van der Waals surface area contributed by atoms with Crippen LogP contribution in [0.15, 0.2) is 42.7 Å². The zero-order chi connectivity index (χ0) is 12.1. The highest BCUT2D eigenvalue weighted by Gasteiger charge is 2.00. The van der Waals surface area contributed by atoms with Crippen molar-refractivity contribution >= 4 is 5.69 Å². The van der Waals surface area contributed by atoms with Crippen molar-refractivity contribution < 1.29 is 0 Å². The highest BCUT2D eigenvalue weighted by atomic mass is 14.9. The minimum absolute atomic E-state index is 0.618. The van der Waals surface area contributed by atoms with Crippen LogP contribution in [-0.4, -0.2) is 4.98 Å². The van der Waals surface area contributed by atoms with Gasteiger partial charge in [-0.3, -0.25) is 4.98 Å². The van der Waals surface area contributed by atoms with Crippen LogP contribution in [0.3, 0.4) is 0 Å². The minimum atomic E-state index is 0.618. The molecule has 84 valence electrons. The number of nitrogens with zero attached hydrogens (tertiary/aromatic N) is 2. The highest BCUT2D eigenvalue weighted by molar-refractivity contribution is 5.55. The molecular weight excluding hydrogens is 210 g/mol. The summed E-state index contributed by atoms with van der Waals surface area (Å²) < 4.78 is 0. The van der Waals surface area contributed by atoms with E-state index in [0.29, 0.717) is 12.1 Å². The van der Waals surface area contributed by atoms with Gasteiger partial charge in [0.2, 0.25) is 0 Å². The number of aryl methyl sites for hydroxylation is 1. The topological polar surface area (TPSA) is 48.7 Å².